The molecule has 0 bridgehead atoms. The number of carboxylic acids is 1. The molecule has 0 heterocycles. The molecule has 0 aliphatic rings. The van der Waals surface area contributed by atoms with Crippen molar-refractivity contribution < 1.29 is 9.90 Å². The predicted octanol–water partition coefficient (Wildman–Crippen LogP) is 4.40. The van der Waals surface area contributed by atoms with E-state index < -0.39 is 5.97 Å². The Morgan fingerprint density at radius 1 is 0.900 bits per heavy atom. The largest absolute Gasteiger partial charge is 0.481 e. The molecule has 2 heteroatoms. The summed E-state index contributed by atoms with van der Waals surface area (Å²) in [5, 5.41) is 13.7. The lowest BCUT2D eigenvalue weighted by molar-refractivity contribution is -0.137. The van der Waals surface area contributed by atoms with Crippen LogP contribution >= 0.6 is 0 Å². The smallest absolute Gasteiger partial charge is 0.303 e. The minimum Gasteiger partial charge on any atom is -0.481 e. The minimum absolute atomic E-state index is 0.223. The molecule has 0 amide bonds. The van der Waals surface area contributed by atoms with Gasteiger partial charge in [-0.15, -0.1) is 0 Å². The predicted molar refractivity (Wildman–Crippen MR) is 82.0 cm³/mol. The van der Waals surface area contributed by atoms with E-state index in [4.69, 9.17) is 5.11 Å². The molecule has 3 aromatic rings. The summed E-state index contributed by atoms with van der Waals surface area (Å²) in [6.07, 6.45) is 1.70. The summed E-state index contributed by atoms with van der Waals surface area (Å²) >= 11 is 0. The lowest BCUT2D eigenvalue weighted by atomic mass is 9.95. The van der Waals surface area contributed by atoms with Crippen LogP contribution in [0.2, 0.25) is 0 Å². The maximum atomic E-state index is 10.7. The van der Waals surface area contributed by atoms with Crippen LogP contribution in [0.5, 0.6) is 0 Å². The van der Waals surface area contributed by atoms with Crippen molar-refractivity contribution >= 4 is 27.5 Å². The molecule has 0 radical (unpaired) electrons. The van der Waals surface area contributed by atoms with Gasteiger partial charge in [0.05, 0.1) is 0 Å². The number of aliphatic carboxylic acids is 1. The lowest BCUT2D eigenvalue weighted by Gasteiger charge is -2.09. The Bertz CT molecular complexity index is 775. The fourth-order valence-electron chi connectivity index (χ4n) is 2.78. The van der Waals surface area contributed by atoms with Gasteiger partial charge in [0.1, 0.15) is 0 Å². The Morgan fingerprint density at radius 3 is 2.50 bits per heavy atom. The van der Waals surface area contributed by atoms with Gasteiger partial charge in [0.15, 0.2) is 0 Å². The van der Waals surface area contributed by atoms with Gasteiger partial charge in [0, 0.05) is 6.42 Å². The molecule has 0 atom stereocenters. The maximum Gasteiger partial charge on any atom is 0.303 e. The van der Waals surface area contributed by atoms with Crippen LogP contribution < -0.4 is 0 Å². The van der Waals surface area contributed by atoms with E-state index in [9.17, 15) is 4.79 Å². The summed E-state index contributed by atoms with van der Waals surface area (Å²) in [5.41, 5.74) is 1.24. The normalized spacial score (nSPS) is 11.0. The molecule has 3 aromatic carbocycles. The topological polar surface area (TPSA) is 37.3 Å². The first kappa shape index (κ1) is 12.7. The van der Waals surface area contributed by atoms with Crippen LogP contribution in [-0.4, -0.2) is 11.1 Å². The number of carboxylic acid groups (broad SMARTS) is 1. The van der Waals surface area contributed by atoms with Crippen LogP contribution in [0.25, 0.3) is 21.5 Å². The van der Waals surface area contributed by atoms with Gasteiger partial charge in [0.2, 0.25) is 0 Å². The van der Waals surface area contributed by atoms with Crippen LogP contribution in [0, 0.1) is 0 Å². The Kier molecular flexibility index (Phi) is 3.38. The molecular formula is C18H16O2. The first-order valence-electron chi connectivity index (χ1n) is 6.87. The number of aryl methyl sites for hydroxylation is 1. The zero-order valence-corrected chi connectivity index (χ0v) is 11.2. The van der Waals surface area contributed by atoms with Gasteiger partial charge >= 0.3 is 5.97 Å². The zero-order valence-electron chi connectivity index (χ0n) is 11.2. The molecule has 0 saturated carbocycles. The molecule has 100 valence electrons. The third kappa shape index (κ3) is 2.37. The number of hydrogen-bond acceptors (Lipinski definition) is 1. The minimum atomic E-state index is -0.727. The summed E-state index contributed by atoms with van der Waals surface area (Å²) in [5.74, 6) is -0.727. The molecule has 2 nitrogen and oxygen atoms in total. The first-order valence-corrected chi connectivity index (χ1v) is 6.87. The van der Waals surface area contributed by atoms with Crippen molar-refractivity contribution in [3.63, 3.8) is 0 Å². The third-order valence-electron chi connectivity index (χ3n) is 3.69. The van der Waals surface area contributed by atoms with E-state index in [0.29, 0.717) is 6.42 Å². The van der Waals surface area contributed by atoms with Gasteiger partial charge in [-0.25, -0.2) is 0 Å². The quantitative estimate of drug-likeness (QED) is 0.709. The van der Waals surface area contributed by atoms with Gasteiger partial charge < -0.3 is 5.11 Å². The Morgan fingerprint density at radius 2 is 1.65 bits per heavy atom. The highest BCUT2D eigenvalue weighted by Crippen LogP contribution is 2.29. The Balaban J connectivity index is 2.11. The average molecular weight is 264 g/mol. The number of benzene rings is 3. The van der Waals surface area contributed by atoms with Gasteiger partial charge in [-0.3, -0.25) is 4.79 Å². The highest BCUT2D eigenvalue weighted by Gasteiger charge is 2.06. The second-order valence-corrected chi connectivity index (χ2v) is 5.05. The van der Waals surface area contributed by atoms with E-state index >= 15 is 0 Å². The number of rotatable bonds is 4. The van der Waals surface area contributed by atoms with Crippen molar-refractivity contribution in [3.05, 3.63) is 60.2 Å². The summed E-state index contributed by atoms with van der Waals surface area (Å²) in [4.78, 5) is 10.7. The van der Waals surface area contributed by atoms with Crippen molar-refractivity contribution in [2.24, 2.45) is 0 Å². The maximum absolute atomic E-state index is 10.7. The van der Waals surface area contributed by atoms with Gasteiger partial charge in [-0.1, -0.05) is 54.6 Å². The van der Waals surface area contributed by atoms with Gasteiger partial charge in [-0.2, -0.15) is 0 Å². The van der Waals surface area contributed by atoms with E-state index in [2.05, 4.69) is 42.5 Å². The fraction of sp³-hybridized carbons (Fsp3) is 0.167. The highest BCUT2D eigenvalue weighted by molar-refractivity contribution is 6.09. The number of hydrogen-bond donors (Lipinski definition) is 1. The lowest BCUT2D eigenvalue weighted by Crippen LogP contribution is -1.96. The van der Waals surface area contributed by atoms with Crippen LogP contribution in [0.4, 0.5) is 0 Å². The average Bonchev–Trinajstić information content (AvgIpc) is 2.46. The molecular weight excluding hydrogens is 248 g/mol. The molecule has 0 fully saturated rings. The molecule has 0 unspecified atom stereocenters. The Hall–Kier alpha value is -2.35. The molecule has 0 saturated heterocycles. The molecule has 3 rings (SSSR count). The van der Waals surface area contributed by atoms with Crippen molar-refractivity contribution in [2.45, 2.75) is 19.3 Å². The summed E-state index contributed by atoms with van der Waals surface area (Å²) in [7, 11) is 0. The fourth-order valence-corrected chi connectivity index (χ4v) is 2.78. The number of fused-ring (bicyclic) bond motifs is 3. The van der Waals surface area contributed by atoms with Crippen LogP contribution in [0.15, 0.2) is 54.6 Å². The molecule has 0 aliphatic heterocycles. The molecule has 1 N–H and O–H groups in total. The van der Waals surface area contributed by atoms with E-state index in [1.54, 1.807) is 0 Å². The summed E-state index contributed by atoms with van der Waals surface area (Å²) in [6, 6.07) is 18.9. The van der Waals surface area contributed by atoms with E-state index in [1.807, 2.05) is 12.1 Å². The van der Waals surface area contributed by atoms with Crippen LogP contribution in [0.1, 0.15) is 18.4 Å². The summed E-state index contributed by atoms with van der Waals surface area (Å²) in [6.45, 7) is 0. The van der Waals surface area contributed by atoms with Crippen molar-refractivity contribution in [2.75, 3.05) is 0 Å². The highest BCUT2D eigenvalue weighted by atomic mass is 16.4. The van der Waals surface area contributed by atoms with Gasteiger partial charge in [-0.05, 0) is 39.9 Å². The summed E-state index contributed by atoms with van der Waals surface area (Å²) < 4.78 is 0. The van der Waals surface area contributed by atoms with Crippen molar-refractivity contribution in [1.29, 1.82) is 0 Å². The molecule has 20 heavy (non-hydrogen) atoms. The van der Waals surface area contributed by atoms with Crippen LogP contribution in [-0.2, 0) is 11.2 Å². The monoisotopic (exact) mass is 264 g/mol. The SMILES string of the molecule is O=C(O)CCCc1cccc2ccc3ccccc3c12. The van der Waals surface area contributed by atoms with E-state index in [0.717, 1.165) is 6.42 Å². The van der Waals surface area contributed by atoms with E-state index in [-0.39, 0.29) is 6.42 Å². The third-order valence-corrected chi connectivity index (χ3v) is 3.69. The second kappa shape index (κ2) is 5.33. The zero-order chi connectivity index (χ0) is 13.9. The molecule has 0 aromatic heterocycles. The standard InChI is InChI=1S/C18H16O2/c19-17(20)10-4-8-14-6-3-7-15-12-11-13-5-1-2-9-16(13)18(14)15/h1-3,5-7,9,11-12H,4,8,10H2,(H,19,20). The second-order valence-electron chi connectivity index (χ2n) is 5.05. The van der Waals surface area contributed by atoms with Crippen molar-refractivity contribution in [3.8, 4) is 0 Å². The van der Waals surface area contributed by atoms with Crippen LogP contribution in [0.3, 0.4) is 0 Å². The molecule has 0 spiro atoms. The molecule has 0 aliphatic carbocycles. The van der Waals surface area contributed by atoms with Crippen molar-refractivity contribution in [1.82, 2.24) is 0 Å². The van der Waals surface area contributed by atoms with Gasteiger partial charge in [0.25, 0.3) is 0 Å². The van der Waals surface area contributed by atoms with E-state index in [1.165, 1.54) is 27.1 Å². The Labute approximate surface area is 117 Å². The first-order chi connectivity index (χ1) is 9.75. The number of carbonyl (C=O) groups is 1.